The van der Waals surface area contributed by atoms with Gasteiger partial charge < -0.3 is 23.7 Å². The van der Waals surface area contributed by atoms with Gasteiger partial charge in [0.25, 0.3) is 0 Å². The van der Waals surface area contributed by atoms with E-state index in [2.05, 4.69) is 4.98 Å². The number of benzene rings is 2. The van der Waals surface area contributed by atoms with Crippen molar-refractivity contribution >= 4 is 17.3 Å². The topological polar surface area (TPSA) is 76.1 Å². The van der Waals surface area contributed by atoms with Gasteiger partial charge in [-0.2, -0.15) is 0 Å². The van der Waals surface area contributed by atoms with Crippen LogP contribution in [0.25, 0.3) is 10.6 Å². The Morgan fingerprint density at radius 2 is 1.97 bits per heavy atom. The largest absolute Gasteiger partial charge is 0.493 e. The number of para-hydroxylation sites is 3. The number of carbonyl (C=O) groups is 1. The lowest BCUT2D eigenvalue weighted by Gasteiger charge is -2.24. The molecular weight excluding hydrogens is 394 g/mol. The average Bonchev–Trinajstić information content (AvgIpc) is 3.25. The monoisotopic (exact) mass is 413 g/mol. The molecule has 0 aliphatic carbocycles. The fourth-order valence-corrected chi connectivity index (χ4v) is 3.75. The van der Waals surface area contributed by atoms with E-state index in [1.807, 2.05) is 35.7 Å². The number of esters is 1. The molecule has 4 rings (SSSR count). The van der Waals surface area contributed by atoms with Gasteiger partial charge in [0.2, 0.25) is 6.10 Å². The number of nitrogens with zero attached hydrogens (tertiary/aromatic N) is 1. The molecule has 8 heteroatoms. The molecular formula is C21H19NO6S. The molecule has 1 atom stereocenters. The van der Waals surface area contributed by atoms with E-state index in [9.17, 15) is 4.79 Å². The molecule has 1 aliphatic heterocycles. The second kappa shape index (κ2) is 8.40. The number of thiazole rings is 1. The van der Waals surface area contributed by atoms with E-state index in [0.717, 1.165) is 10.6 Å². The lowest BCUT2D eigenvalue weighted by atomic mass is 10.2. The Kier molecular flexibility index (Phi) is 5.53. The van der Waals surface area contributed by atoms with Crippen LogP contribution >= 0.6 is 11.3 Å². The Bertz CT molecular complexity index is 1020. The lowest BCUT2D eigenvalue weighted by Crippen LogP contribution is -2.37. The number of rotatable bonds is 6. The van der Waals surface area contributed by atoms with E-state index < -0.39 is 12.1 Å². The Morgan fingerprint density at radius 1 is 1.14 bits per heavy atom. The molecule has 0 N–H and O–H groups in total. The van der Waals surface area contributed by atoms with Crippen molar-refractivity contribution in [1.82, 2.24) is 4.98 Å². The molecule has 0 fully saturated rings. The number of fused-ring (bicyclic) bond motifs is 1. The van der Waals surface area contributed by atoms with Crippen LogP contribution in [-0.2, 0) is 16.1 Å². The molecule has 150 valence electrons. The molecule has 7 nitrogen and oxygen atoms in total. The van der Waals surface area contributed by atoms with Crippen LogP contribution < -0.4 is 18.9 Å². The predicted octanol–water partition coefficient (Wildman–Crippen LogP) is 3.71. The van der Waals surface area contributed by atoms with Crippen LogP contribution in [0.5, 0.6) is 23.0 Å². The molecule has 1 aromatic heterocycles. The van der Waals surface area contributed by atoms with E-state index >= 15 is 0 Å². The fraction of sp³-hybridized carbons (Fsp3) is 0.238. The van der Waals surface area contributed by atoms with Crippen molar-refractivity contribution in [1.29, 1.82) is 0 Å². The fourth-order valence-electron chi connectivity index (χ4n) is 2.93. The zero-order valence-electron chi connectivity index (χ0n) is 15.9. The number of methoxy groups -OCH3 is 2. The van der Waals surface area contributed by atoms with Crippen LogP contribution in [0.3, 0.4) is 0 Å². The van der Waals surface area contributed by atoms with Gasteiger partial charge in [-0.05, 0) is 24.3 Å². The summed E-state index contributed by atoms with van der Waals surface area (Å²) in [7, 11) is 3.17. The van der Waals surface area contributed by atoms with Gasteiger partial charge in [0.1, 0.15) is 18.2 Å². The second-order valence-electron chi connectivity index (χ2n) is 6.16. The molecule has 0 amide bonds. The van der Waals surface area contributed by atoms with E-state index in [0.29, 0.717) is 28.7 Å². The highest BCUT2D eigenvalue weighted by Gasteiger charge is 2.28. The van der Waals surface area contributed by atoms with Gasteiger partial charge in [-0.3, -0.25) is 0 Å². The van der Waals surface area contributed by atoms with Crippen LogP contribution in [0.2, 0.25) is 0 Å². The number of ether oxygens (including phenoxy) is 5. The van der Waals surface area contributed by atoms with Crippen LogP contribution in [0.4, 0.5) is 0 Å². The summed E-state index contributed by atoms with van der Waals surface area (Å²) >= 11 is 1.44. The molecule has 0 radical (unpaired) electrons. The van der Waals surface area contributed by atoms with Gasteiger partial charge in [-0.1, -0.05) is 18.2 Å². The number of hydrogen-bond acceptors (Lipinski definition) is 8. The summed E-state index contributed by atoms with van der Waals surface area (Å²) in [6, 6.07) is 12.8. The first-order chi connectivity index (χ1) is 14.2. The van der Waals surface area contributed by atoms with Crippen molar-refractivity contribution < 1.29 is 28.5 Å². The van der Waals surface area contributed by atoms with E-state index in [1.165, 1.54) is 11.3 Å². The molecule has 0 saturated carbocycles. The number of carbonyl (C=O) groups excluding carboxylic acids is 1. The van der Waals surface area contributed by atoms with Crippen molar-refractivity contribution in [3.8, 4) is 33.6 Å². The molecule has 2 heterocycles. The average molecular weight is 413 g/mol. The van der Waals surface area contributed by atoms with E-state index in [-0.39, 0.29) is 13.2 Å². The van der Waals surface area contributed by atoms with Gasteiger partial charge in [0.15, 0.2) is 23.0 Å². The third kappa shape index (κ3) is 3.97. The predicted molar refractivity (Wildman–Crippen MR) is 107 cm³/mol. The third-order valence-electron chi connectivity index (χ3n) is 4.32. The molecule has 1 unspecified atom stereocenters. The summed E-state index contributed by atoms with van der Waals surface area (Å²) in [5, 5.41) is 2.59. The Balaban J connectivity index is 1.41. The van der Waals surface area contributed by atoms with Crippen molar-refractivity contribution in [2.75, 3.05) is 20.8 Å². The molecule has 29 heavy (non-hydrogen) atoms. The Hall–Kier alpha value is -3.26. The first-order valence-electron chi connectivity index (χ1n) is 8.90. The van der Waals surface area contributed by atoms with Crippen molar-refractivity contribution in [3.63, 3.8) is 0 Å². The van der Waals surface area contributed by atoms with Crippen molar-refractivity contribution in [2.45, 2.75) is 12.7 Å². The second-order valence-corrected chi connectivity index (χ2v) is 7.02. The Labute approximate surface area is 171 Å². The smallest absolute Gasteiger partial charge is 0.351 e. The summed E-state index contributed by atoms with van der Waals surface area (Å²) < 4.78 is 27.4. The summed E-state index contributed by atoms with van der Waals surface area (Å²) in [6.07, 6.45) is -0.804. The summed E-state index contributed by atoms with van der Waals surface area (Å²) in [4.78, 5) is 16.9. The highest BCUT2D eigenvalue weighted by Crippen LogP contribution is 2.39. The van der Waals surface area contributed by atoms with E-state index in [1.54, 1.807) is 26.4 Å². The quantitative estimate of drug-likeness (QED) is 0.570. The Morgan fingerprint density at radius 3 is 2.76 bits per heavy atom. The molecule has 0 spiro atoms. The zero-order valence-corrected chi connectivity index (χ0v) is 16.7. The standard InChI is InChI=1S/C21H19NO6S/c1-24-17-9-5-6-14(19(17)25-2)20-22-13(12-29-20)10-27-21(23)18-11-26-15-7-3-4-8-16(15)28-18/h3-9,12,18H,10-11H2,1-2H3. The maximum absolute atomic E-state index is 12.4. The van der Waals surface area contributed by atoms with Gasteiger partial charge >= 0.3 is 5.97 Å². The molecule has 2 aromatic carbocycles. The maximum atomic E-state index is 12.4. The van der Waals surface area contributed by atoms with Crippen LogP contribution in [-0.4, -0.2) is 37.9 Å². The number of aromatic nitrogens is 1. The summed E-state index contributed by atoms with van der Waals surface area (Å²) in [6.45, 7) is 0.155. The highest BCUT2D eigenvalue weighted by atomic mass is 32.1. The molecule has 0 saturated heterocycles. The minimum atomic E-state index is -0.804. The van der Waals surface area contributed by atoms with Crippen LogP contribution in [0, 0.1) is 0 Å². The van der Waals surface area contributed by atoms with Gasteiger partial charge in [-0.25, -0.2) is 9.78 Å². The van der Waals surface area contributed by atoms with Crippen molar-refractivity contribution in [2.24, 2.45) is 0 Å². The van der Waals surface area contributed by atoms with Crippen molar-refractivity contribution in [3.05, 3.63) is 53.5 Å². The van der Waals surface area contributed by atoms with Gasteiger partial charge in [-0.15, -0.1) is 11.3 Å². The lowest BCUT2D eigenvalue weighted by molar-refractivity contribution is -0.156. The highest BCUT2D eigenvalue weighted by molar-refractivity contribution is 7.13. The first kappa shape index (κ1) is 19.1. The van der Waals surface area contributed by atoms with Gasteiger partial charge in [0, 0.05) is 5.38 Å². The zero-order chi connectivity index (χ0) is 20.2. The normalized spacial score (nSPS) is 14.9. The third-order valence-corrected chi connectivity index (χ3v) is 5.24. The molecule has 3 aromatic rings. The van der Waals surface area contributed by atoms with Crippen LogP contribution in [0.1, 0.15) is 5.69 Å². The minimum Gasteiger partial charge on any atom is -0.493 e. The SMILES string of the molecule is COc1cccc(-c2nc(COC(=O)C3COc4ccccc4O3)cs2)c1OC. The first-order valence-corrected chi connectivity index (χ1v) is 9.78. The summed E-state index contributed by atoms with van der Waals surface area (Å²) in [5.74, 6) is 1.89. The van der Waals surface area contributed by atoms with E-state index in [4.69, 9.17) is 23.7 Å². The molecule has 1 aliphatic rings. The molecule has 0 bridgehead atoms. The summed E-state index contributed by atoms with van der Waals surface area (Å²) in [5.41, 5.74) is 1.45. The minimum absolute atomic E-state index is 0.0448. The van der Waals surface area contributed by atoms with Gasteiger partial charge in [0.05, 0.1) is 25.5 Å². The maximum Gasteiger partial charge on any atom is 0.351 e. The van der Waals surface area contributed by atoms with Crippen LogP contribution in [0.15, 0.2) is 47.8 Å². The number of hydrogen-bond donors (Lipinski definition) is 0.